The van der Waals surface area contributed by atoms with Gasteiger partial charge >= 0.3 is 12.3 Å². The lowest BCUT2D eigenvalue weighted by Gasteiger charge is -2.34. The molecule has 37 heavy (non-hydrogen) atoms. The number of ether oxygens (including phenoxy) is 1. The van der Waals surface area contributed by atoms with Gasteiger partial charge in [0.25, 0.3) is 5.91 Å². The van der Waals surface area contributed by atoms with Crippen LogP contribution in [0.3, 0.4) is 0 Å². The molecule has 202 valence electrons. The van der Waals surface area contributed by atoms with Gasteiger partial charge in [0.1, 0.15) is 5.60 Å². The van der Waals surface area contributed by atoms with E-state index in [0.29, 0.717) is 24.4 Å². The van der Waals surface area contributed by atoms with Crippen LogP contribution in [0, 0.1) is 0 Å². The van der Waals surface area contributed by atoms with Crippen LogP contribution in [-0.2, 0) is 23.9 Å². The van der Waals surface area contributed by atoms with Gasteiger partial charge in [-0.1, -0.05) is 11.6 Å². The Balaban J connectivity index is 1.67. The zero-order valence-electron chi connectivity index (χ0n) is 21.7. The summed E-state index contributed by atoms with van der Waals surface area (Å²) in [5.74, 6) is -0.721. The number of halogens is 4. The summed E-state index contributed by atoms with van der Waals surface area (Å²) < 4.78 is 48.0. The summed E-state index contributed by atoms with van der Waals surface area (Å²) in [4.78, 5) is 29.4. The Morgan fingerprint density at radius 3 is 2.49 bits per heavy atom. The smallest absolute Gasteiger partial charge is 0.435 e. The first kappa shape index (κ1) is 27.3. The predicted molar refractivity (Wildman–Crippen MR) is 132 cm³/mol. The molecular formula is C26H32ClF3N4O3. The second kappa shape index (κ2) is 9.85. The molecule has 2 amide bonds. The molecule has 0 saturated carbocycles. The zero-order valence-corrected chi connectivity index (χ0v) is 22.4. The maximum Gasteiger partial charge on any atom is 0.435 e. The highest BCUT2D eigenvalue weighted by atomic mass is 35.5. The Morgan fingerprint density at radius 1 is 1.16 bits per heavy atom. The Morgan fingerprint density at radius 2 is 1.86 bits per heavy atom. The van der Waals surface area contributed by atoms with E-state index in [4.69, 9.17) is 16.3 Å². The van der Waals surface area contributed by atoms with E-state index in [1.54, 1.807) is 45.6 Å². The van der Waals surface area contributed by atoms with Crippen LogP contribution >= 0.6 is 11.6 Å². The number of carbonyl (C=O) groups excluding carboxylic acids is 2. The van der Waals surface area contributed by atoms with Crippen molar-refractivity contribution in [2.45, 2.75) is 84.3 Å². The number of hydrogen-bond donors (Lipinski definition) is 0. The number of likely N-dealkylation sites (tertiary alicyclic amines) is 1. The van der Waals surface area contributed by atoms with E-state index >= 15 is 0 Å². The maximum absolute atomic E-state index is 13.7. The van der Waals surface area contributed by atoms with Crippen molar-refractivity contribution in [3.05, 3.63) is 51.3 Å². The number of hydrogen-bond acceptors (Lipinski definition) is 4. The molecule has 0 unspecified atom stereocenters. The van der Waals surface area contributed by atoms with Gasteiger partial charge in [0.05, 0.1) is 11.6 Å². The molecule has 2 aliphatic rings. The number of nitrogens with zero attached hydrogens (tertiary/aromatic N) is 4. The maximum atomic E-state index is 13.7. The Hall–Kier alpha value is -2.75. The molecule has 0 aliphatic carbocycles. The number of aromatic nitrogens is 2. The monoisotopic (exact) mass is 540 g/mol. The van der Waals surface area contributed by atoms with Crippen LogP contribution in [0.5, 0.6) is 0 Å². The molecule has 1 saturated heterocycles. The molecule has 1 aromatic heterocycles. The lowest BCUT2D eigenvalue weighted by Crippen LogP contribution is -2.39. The first-order valence-electron chi connectivity index (χ1n) is 12.4. The molecule has 1 atom stereocenters. The molecule has 7 nitrogen and oxygen atoms in total. The van der Waals surface area contributed by atoms with E-state index in [-0.39, 0.29) is 25.2 Å². The van der Waals surface area contributed by atoms with Crippen molar-refractivity contribution >= 4 is 23.6 Å². The van der Waals surface area contributed by atoms with Gasteiger partial charge in [-0.15, -0.1) is 0 Å². The summed E-state index contributed by atoms with van der Waals surface area (Å²) in [6, 6.07) is 2.98. The third-order valence-corrected chi connectivity index (χ3v) is 6.85. The predicted octanol–water partition coefficient (Wildman–Crippen LogP) is 6.41. The van der Waals surface area contributed by atoms with Gasteiger partial charge in [0, 0.05) is 36.9 Å². The van der Waals surface area contributed by atoms with Crippen LogP contribution in [0.4, 0.5) is 18.0 Å². The standard InChI is InChI=1S/C26H32ClF3N4O3/c1-15(2)34-14-20(22(31-34)26(28,29)30)23(35)32-10-8-16-11-17(27)12-18(19(16)13-32)21-7-6-9-33(21)24(36)37-25(3,4)5/h11-12,14-15,21H,6-10,13H2,1-5H3/t21-/m0/s1. The van der Waals surface area contributed by atoms with Crippen molar-refractivity contribution in [1.29, 1.82) is 0 Å². The van der Waals surface area contributed by atoms with E-state index in [0.717, 1.165) is 27.8 Å². The second-order valence-corrected chi connectivity index (χ2v) is 11.3. The van der Waals surface area contributed by atoms with E-state index in [1.165, 1.54) is 11.1 Å². The SMILES string of the molecule is CC(C)n1cc(C(=O)N2CCc3cc(Cl)cc([C@@H]4CCCN4C(=O)OC(C)(C)C)c3C2)c(C(F)(F)F)n1. The summed E-state index contributed by atoms with van der Waals surface area (Å²) >= 11 is 6.44. The van der Waals surface area contributed by atoms with Crippen LogP contribution in [0.25, 0.3) is 0 Å². The van der Waals surface area contributed by atoms with Crippen LogP contribution in [-0.4, -0.2) is 50.3 Å². The van der Waals surface area contributed by atoms with Gasteiger partial charge in [-0.05, 0) is 82.7 Å². The molecule has 1 aromatic carbocycles. The first-order chi connectivity index (χ1) is 17.2. The van der Waals surface area contributed by atoms with Crippen molar-refractivity contribution in [1.82, 2.24) is 19.6 Å². The van der Waals surface area contributed by atoms with Gasteiger partial charge in [-0.3, -0.25) is 9.48 Å². The third-order valence-electron chi connectivity index (χ3n) is 6.63. The quantitative estimate of drug-likeness (QED) is 0.451. The van der Waals surface area contributed by atoms with E-state index in [1.807, 2.05) is 6.07 Å². The van der Waals surface area contributed by atoms with Crippen molar-refractivity contribution in [2.75, 3.05) is 13.1 Å². The van der Waals surface area contributed by atoms with Crippen molar-refractivity contribution in [2.24, 2.45) is 0 Å². The summed E-state index contributed by atoms with van der Waals surface area (Å²) in [6.07, 6.45) is -2.10. The molecule has 4 rings (SSSR count). The second-order valence-electron chi connectivity index (χ2n) is 10.9. The fourth-order valence-corrected chi connectivity index (χ4v) is 5.20. The average Bonchev–Trinajstić information content (AvgIpc) is 3.44. The van der Waals surface area contributed by atoms with Crippen LogP contribution in [0.1, 0.15) is 92.3 Å². The zero-order chi connectivity index (χ0) is 27.3. The summed E-state index contributed by atoms with van der Waals surface area (Å²) in [6.45, 7) is 9.69. The van der Waals surface area contributed by atoms with Gasteiger partial charge in [-0.2, -0.15) is 18.3 Å². The van der Waals surface area contributed by atoms with Gasteiger partial charge in [-0.25, -0.2) is 4.79 Å². The lowest BCUT2D eigenvalue weighted by atomic mass is 9.90. The minimum atomic E-state index is -4.75. The Labute approximate surface area is 219 Å². The third kappa shape index (κ3) is 5.73. The van der Waals surface area contributed by atoms with E-state index in [9.17, 15) is 22.8 Å². The molecule has 11 heteroatoms. The highest BCUT2D eigenvalue weighted by Crippen LogP contribution is 2.40. The highest BCUT2D eigenvalue weighted by Gasteiger charge is 2.41. The molecule has 3 heterocycles. The number of alkyl halides is 3. The number of benzene rings is 1. The average molecular weight is 541 g/mol. The fraction of sp³-hybridized carbons (Fsp3) is 0.577. The minimum Gasteiger partial charge on any atom is -0.444 e. The Kier molecular flexibility index (Phi) is 7.27. The van der Waals surface area contributed by atoms with Gasteiger partial charge in [0.15, 0.2) is 5.69 Å². The molecular weight excluding hydrogens is 509 g/mol. The normalized spacial score (nSPS) is 18.4. The number of amides is 2. The minimum absolute atomic E-state index is 0.115. The molecule has 0 spiro atoms. The van der Waals surface area contributed by atoms with Gasteiger partial charge in [0.2, 0.25) is 0 Å². The molecule has 0 bridgehead atoms. The molecule has 1 fully saturated rings. The van der Waals surface area contributed by atoms with E-state index < -0.39 is 35.0 Å². The fourth-order valence-electron chi connectivity index (χ4n) is 4.95. The Bertz CT molecular complexity index is 1200. The topological polar surface area (TPSA) is 67.7 Å². The number of fused-ring (bicyclic) bond motifs is 1. The summed E-state index contributed by atoms with van der Waals surface area (Å²) in [5, 5.41) is 4.18. The first-order valence-corrected chi connectivity index (χ1v) is 12.8. The molecule has 0 N–H and O–H groups in total. The highest BCUT2D eigenvalue weighted by molar-refractivity contribution is 6.30. The summed E-state index contributed by atoms with van der Waals surface area (Å²) in [7, 11) is 0. The summed E-state index contributed by atoms with van der Waals surface area (Å²) in [5.41, 5.74) is 0.248. The van der Waals surface area contributed by atoms with Crippen LogP contribution in [0.15, 0.2) is 18.3 Å². The van der Waals surface area contributed by atoms with Crippen molar-refractivity contribution in [3.63, 3.8) is 0 Å². The van der Waals surface area contributed by atoms with E-state index in [2.05, 4.69) is 5.10 Å². The van der Waals surface area contributed by atoms with Gasteiger partial charge < -0.3 is 14.5 Å². The number of rotatable bonds is 3. The number of carbonyl (C=O) groups is 2. The van der Waals surface area contributed by atoms with Crippen molar-refractivity contribution < 1.29 is 27.5 Å². The molecule has 2 aliphatic heterocycles. The van der Waals surface area contributed by atoms with Crippen molar-refractivity contribution in [3.8, 4) is 0 Å². The van der Waals surface area contributed by atoms with Crippen LogP contribution < -0.4 is 0 Å². The largest absolute Gasteiger partial charge is 0.444 e. The molecule has 2 aromatic rings. The lowest BCUT2D eigenvalue weighted by molar-refractivity contribution is -0.142. The molecule has 0 radical (unpaired) electrons. The van der Waals surface area contributed by atoms with Crippen LogP contribution in [0.2, 0.25) is 5.02 Å².